The fraction of sp³-hybridized carbons (Fsp3) is 0.928. The molecule has 0 aromatic carbocycles. The molecule has 8 unspecified atom stereocenters. The van der Waals surface area contributed by atoms with Crippen LogP contribution in [-0.2, 0) is 95.0 Å². The largest absolute Gasteiger partial charge is 0.481 e. The molecule has 630 valence electrons. The summed E-state index contributed by atoms with van der Waals surface area (Å²) in [5, 5.41) is 227. The first-order chi connectivity index (χ1) is 52.3. The molecule has 11 aliphatic rings. The number of carboxylic acids is 1. The van der Waals surface area contributed by atoms with E-state index in [-0.39, 0.29) is 70.6 Å². The minimum Gasteiger partial charge on any atom is -0.481 e. The zero-order valence-corrected chi connectivity index (χ0v) is 60.0. The van der Waals surface area contributed by atoms with Gasteiger partial charge < -0.3 is 178 Å². The van der Waals surface area contributed by atoms with Crippen LogP contribution in [0.4, 0.5) is 0 Å². The second-order valence-corrected chi connectivity index (χ2v) is 31.1. The van der Waals surface area contributed by atoms with Crippen molar-refractivity contribution in [3.05, 3.63) is 0 Å². The number of hydrogen-bond acceptors (Lipinski definition) is 40. The Morgan fingerprint density at radius 1 is 0.327 bits per heavy atom. The third-order valence-corrected chi connectivity index (χ3v) is 23.5. The van der Waals surface area contributed by atoms with Gasteiger partial charge in [-0.1, -0.05) is 0 Å². The number of carboxylic acid groups (broad SMARTS) is 1. The molecule has 6 heterocycles. The van der Waals surface area contributed by atoms with Crippen molar-refractivity contribution in [2.75, 3.05) is 33.0 Å². The van der Waals surface area contributed by atoms with E-state index in [0.717, 1.165) is 0 Å². The van der Waals surface area contributed by atoms with Crippen molar-refractivity contribution in [1.82, 2.24) is 0 Å². The summed E-state index contributed by atoms with van der Waals surface area (Å²) in [5.41, 5.74) is 0. The van der Waals surface area contributed by atoms with E-state index in [1.807, 2.05) is 0 Å². The molecule has 11 rings (SSSR count). The monoisotopic (exact) mass is 1590 g/mol. The number of carbonyl (C=O) groups excluding carboxylic acids is 4. The second-order valence-electron chi connectivity index (χ2n) is 31.1. The number of aliphatic carboxylic acids is 1. The molecule has 5 aliphatic carbocycles. The molecule has 0 aromatic rings. The van der Waals surface area contributed by atoms with Crippen LogP contribution >= 0.6 is 0 Å². The average Bonchev–Trinajstić information content (AvgIpc) is 0.755. The Hall–Kier alpha value is -3.89. The van der Waals surface area contributed by atoms with E-state index in [1.165, 1.54) is 0 Å². The summed E-state index contributed by atoms with van der Waals surface area (Å²) in [5.74, 6) is -8.73. The Morgan fingerprint density at radius 2 is 0.700 bits per heavy atom. The summed E-state index contributed by atoms with van der Waals surface area (Å²) in [6.07, 6.45) is -55.9. The van der Waals surface area contributed by atoms with Gasteiger partial charge in [0.1, 0.15) is 161 Å². The summed E-state index contributed by atoms with van der Waals surface area (Å²) in [7, 11) is 0. The van der Waals surface area contributed by atoms with Crippen LogP contribution in [0.5, 0.6) is 0 Å². The van der Waals surface area contributed by atoms with Crippen molar-refractivity contribution < 1.29 is 202 Å². The van der Waals surface area contributed by atoms with Gasteiger partial charge >= 0.3 is 29.8 Å². The normalized spacial score (nSPS) is 48.2. The minimum absolute atomic E-state index is 0.105. The first kappa shape index (κ1) is 87.0. The standard InChI is InChI=1S/C69H108O41/c70-19-38-46(79)51(84)56(89)65(105-38)100-29-9-3-25(4-10-29)63(94)98-21-40-48(81)52(85)57(90)66(106-40)101-30-11-5-26(6-12-30)64(95)99-23-42-50(83)55(88)61(110-68-59(92)54(87)49(82)41(108-68)22-97-62(93)24-1-7-28(71)8-2-24)69(109-42)102-31-15-33(72)32-17-37(60(103-36(32)16-31)27-13-34(73)45(78)35(74)14-27)104-67-58(91)53(86)47(80)39(107-67)20-96-44(77)18-43(75)76/h24-42,45-61,65-74,78-92H,1-23H2,(H,75,76)/t24?,25?,26?,27?,28?,29?,30?,31?,32?,33?,34?,35?,36?,37?,38-,39-,40-,41-,42-,45?,46-,47-,48-,49-,50-,51+,52+,53+,54+,55+,56-,57-,58-,59-,60?,61-,65-,66-,67-,68+,69-/m1/s1. The molecule has 11 fully saturated rings. The van der Waals surface area contributed by atoms with E-state index in [2.05, 4.69) is 0 Å². The Kier molecular flexibility index (Phi) is 30.4. The predicted molar refractivity (Wildman–Crippen MR) is 350 cm³/mol. The van der Waals surface area contributed by atoms with Crippen LogP contribution in [0.3, 0.4) is 0 Å². The van der Waals surface area contributed by atoms with Crippen LogP contribution in [0.25, 0.3) is 0 Å². The highest BCUT2D eigenvalue weighted by molar-refractivity contribution is 5.90. The number of aliphatic hydroxyl groups is 20. The number of fused-ring (bicyclic) bond motifs is 1. The Morgan fingerprint density at radius 3 is 1.14 bits per heavy atom. The maximum absolute atomic E-state index is 13.9. The van der Waals surface area contributed by atoms with Gasteiger partial charge in [0.15, 0.2) is 31.5 Å². The second kappa shape index (κ2) is 38.5. The van der Waals surface area contributed by atoms with Crippen molar-refractivity contribution in [2.45, 2.75) is 336 Å². The molecule has 5 saturated carbocycles. The van der Waals surface area contributed by atoms with Gasteiger partial charge in [0.2, 0.25) is 0 Å². The van der Waals surface area contributed by atoms with Gasteiger partial charge in [0.05, 0.1) is 85.4 Å². The number of aliphatic hydroxyl groups excluding tert-OH is 20. The first-order valence-electron chi connectivity index (χ1n) is 37.9. The van der Waals surface area contributed by atoms with Crippen molar-refractivity contribution in [3.63, 3.8) is 0 Å². The van der Waals surface area contributed by atoms with Crippen molar-refractivity contribution in [2.24, 2.45) is 29.6 Å². The quantitative estimate of drug-likeness (QED) is 0.0229. The van der Waals surface area contributed by atoms with Gasteiger partial charge in [-0.15, -0.1) is 0 Å². The molecule has 0 bridgehead atoms. The fourth-order valence-corrected chi connectivity index (χ4v) is 16.8. The third kappa shape index (κ3) is 20.5. The lowest BCUT2D eigenvalue weighted by atomic mass is 9.72. The van der Waals surface area contributed by atoms with Crippen LogP contribution < -0.4 is 0 Å². The zero-order valence-electron chi connectivity index (χ0n) is 60.0. The molecular weight excluding hydrogens is 1480 g/mol. The van der Waals surface area contributed by atoms with Crippen LogP contribution in [-0.4, -0.2) is 391 Å². The van der Waals surface area contributed by atoms with Crippen LogP contribution in [0.1, 0.15) is 116 Å². The maximum atomic E-state index is 13.9. The predicted octanol–water partition coefficient (Wildman–Crippen LogP) is -9.42. The Balaban J connectivity index is 0.725. The van der Waals surface area contributed by atoms with Gasteiger partial charge in [-0.2, -0.15) is 0 Å². The highest BCUT2D eigenvalue weighted by Crippen LogP contribution is 2.46. The summed E-state index contributed by atoms with van der Waals surface area (Å²) in [6, 6.07) is 0. The van der Waals surface area contributed by atoms with Gasteiger partial charge in [-0.05, 0) is 102 Å². The van der Waals surface area contributed by atoms with Gasteiger partial charge in [0.25, 0.3) is 0 Å². The van der Waals surface area contributed by atoms with E-state index < -0.39 is 320 Å². The molecule has 41 nitrogen and oxygen atoms in total. The topological polar surface area (TPSA) is 649 Å². The maximum Gasteiger partial charge on any atom is 0.317 e. The van der Waals surface area contributed by atoms with Crippen molar-refractivity contribution in [1.29, 1.82) is 0 Å². The molecule has 21 N–H and O–H groups in total. The third-order valence-electron chi connectivity index (χ3n) is 23.5. The molecule has 110 heavy (non-hydrogen) atoms. The minimum atomic E-state index is -2.11. The van der Waals surface area contributed by atoms with Gasteiger partial charge in [-0.25, -0.2) is 0 Å². The van der Waals surface area contributed by atoms with E-state index in [4.69, 9.17) is 76.2 Å². The molecule has 33 atom stereocenters. The molecule has 0 aromatic heterocycles. The SMILES string of the molecule is O=C(O)CC(=O)OC[C@H]1O[C@@H](OC2CC3C(O)CC(O[C@@H]4O[C@H](COC(=O)C5CCC(O[C@@H]6O[C@H](COC(=O)C7CCC(O[C@@H]8O[C@H](CO)[C@@H](O)[C@H](O)[C@H]8O)CC7)[C@@H](O)[C@H](O)[C@H]6O)CC5)[C@@H](O)[C@H](O)[C@H]4O[C@@H]4O[C@H](COC(=O)C5CCC(O)CC5)[C@@H](O)[C@H](O)[C@H]4O)CC3OC2C2CC(O)C(O)C(O)C2)[C@H](O)[C@@H](O)[C@@H]1O. The van der Waals surface area contributed by atoms with Crippen LogP contribution in [0, 0.1) is 29.6 Å². The molecular formula is C69H108O41. The molecule has 41 heteroatoms. The van der Waals surface area contributed by atoms with Gasteiger partial charge in [-0.3, -0.25) is 24.0 Å². The highest BCUT2D eigenvalue weighted by Gasteiger charge is 2.58. The summed E-state index contributed by atoms with van der Waals surface area (Å²) >= 11 is 0. The van der Waals surface area contributed by atoms with Crippen LogP contribution in [0.15, 0.2) is 0 Å². The lowest BCUT2D eigenvalue weighted by Crippen LogP contribution is -2.65. The molecule has 0 amide bonds. The molecule has 6 saturated heterocycles. The molecule has 0 spiro atoms. The lowest BCUT2D eigenvalue weighted by molar-refractivity contribution is -0.375. The Bertz CT molecular complexity index is 2940. The summed E-state index contributed by atoms with van der Waals surface area (Å²) < 4.78 is 88.5. The van der Waals surface area contributed by atoms with Gasteiger partial charge in [0, 0.05) is 18.8 Å². The number of carbonyl (C=O) groups is 5. The Labute approximate surface area is 629 Å². The number of hydrogen-bond donors (Lipinski definition) is 21. The first-order valence-corrected chi connectivity index (χ1v) is 37.9. The molecule has 0 radical (unpaired) electrons. The van der Waals surface area contributed by atoms with E-state index >= 15 is 0 Å². The van der Waals surface area contributed by atoms with E-state index in [1.54, 1.807) is 0 Å². The number of ether oxygens (including phenoxy) is 15. The smallest absolute Gasteiger partial charge is 0.317 e. The fourth-order valence-electron chi connectivity index (χ4n) is 16.8. The van der Waals surface area contributed by atoms with Crippen molar-refractivity contribution >= 4 is 29.8 Å². The lowest BCUT2D eigenvalue weighted by Gasteiger charge is -2.52. The number of esters is 4. The van der Waals surface area contributed by atoms with E-state index in [0.29, 0.717) is 38.5 Å². The molecule has 6 aliphatic heterocycles. The van der Waals surface area contributed by atoms with Crippen molar-refractivity contribution in [3.8, 4) is 0 Å². The van der Waals surface area contributed by atoms with E-state index in [9.17, 15) is 126 Å². The summed E-state index contributed by atoms with van der Waals surface area (Å²) in [4.78, 5) is 63.6. The highest BCUT2D eigenvalue weighted by atomic mass is 16.8. The summed E-state index contributed by atoms with van der Waals surface area (Å²) in [6.45, 7) is -3.45. The number of rotatable bonds is 25. The average molecular weight is 1590 g/mol. The van der Waals surface area contributed by atoms with Crippen LogP contribution in [0.2, 0.25) is 0 Å². The zero-order chi connectivity index (χ0) is 79.4.